The van der Waals surface area contributed by atoms with Gasteiger partial charge in [-0.25, -0.2) is 0 Å². The highest BCUT2D eigenvalue weighted by atomic mass is 32.2. The lowest BCUT2D eigenvalue weighted by Gasteiger charge is -2.00. The Balaban J connectivity index is 2.77. The van der Waals surface area contributed by atoms with Crippen LogP contribution >= 0.6 is 23.5 Å². The molecule has 0 aliphatic heterocycles. The molecular formula is C12H14OS2. The summed E-state index contributed by atoms with van der Waals surface area (Å²) < 4.78 is 1.08. The third kappa shape index (κ3) is 4.14. The number of hydrogen-bond donors (Lipinski definition) is 0. The predicted octanol–water partition coefficient (Wildman–Crippen LogP) is 3.83. The number of thioether (sulfide) groups is 2. The number of carbonyl (C=O) groups excluding carboxylic acids is 1. The average Bonchev–Trinajstić information content (AvgIpc) is 2.29. The standard InChI is InChI=1S/C12H14OS2/c1-3-15-12(14-2)9-11(13)10-7-5-4-6-8-10/h4-9H,3H2,1-2H3/b12-9+. The molecule has 0 spiro atoms. The molecule has 0 fully saturated rings. The monoisotopic (exact) mass is 238 g/mol. The average molecular weight is 238 g/mol. The molecule has 0 unspecified atom stereocenters. The molecule has 0 saturated carbocycles. The molecule has 0 amide bonds. The Morgan fingerprint density at radius 2 is 2.00 bits per heavy atom. The van der Waals surface area contributed by atoms with E-state index in [9.17, 15) is 4.79 Å². The number of carbonyl (C=O) groups is 1. The van der Waals surface area contributed by atoms with Crippen LogP contribution in [0.15, 0.2) is 40.6 Å². The fourth-order valence-electron chi connectivity index (χ4n) is 1.09. The summed E-state index contributed by atoms with van der Waals surface area (Å²) in [7, 11) is 0. The summed E-state index contributed by atoms with van der Waals surface area (Å²) in [6, 6.07) is 9.36. The van der Waals surface area contributed by atoms with E-state index in [1.54, 1.807) is 29.6 Å². The summed E-state index contributed by atoms with van der Waals surface area (Å²) >= 11 is 3.32. The molecule has 1 aromatic rings. The van der Waals surface area contributed by atoms with Gasteiger partial charge in [-0.3, -0.25) is 4.79 Å². The molecule has 15 heavy (non-hydrogen) atoms. The molecule has 0 aromatic heterocycles. The van der Waals surface area contributed by atoms with Gasteiger partial charge in [0.15, 0.2) is 5.78 Å². The first-order valence-electron chi connectivity index (χ1n) is 4.75. The van der Waals surface area contributed by atoms with Crippen LogP contribution in [-0.4, -0.2) is 17.8 Å². The van der Waals surface area contributed by atoms with E-state index >= 15 is 0 Å². The summed E-state index contributed by atoms with van der Waals surface area (Å²) in [4.78, 5) is 11.8. The van der Waals surface area contributed by atoms with Gasteiger partial charge in [-0.2, -0.15) is 0 Å². The van der Waals surface area contributed by atoms with Crippen LogP contribution in [0.2, 0.25) is 0 Å². The van der Waals surface area contributed by atoms with Crippen LogP contribution in [0.3, 0.4) is 0 Å². The quantitative estimate of drug-likeness (QED) is 0.573. The van der Waals surface area contributed by atoms with E-state index in [0.29, 0.717) is 0 Å². The molecule has 0 aliphatic carbocycles. The second-order valence-electron chi connectivity index (χ2n) is 2.83. The van der Waals surface area contributed by atoms with Crippen LogP contribution in [-0.2, 0) is 0 Å². The normalized spacial score (nSPS) is 11.5. The number of ketones is 1. The zero-order chi connectivity index (χ0) is 11.1. The Kier molecular flexibility index (Phi) is 5.58. The van der Waals surface area contributed by atoms with Crippen molar-refractivity contribution in [1.29, 1.82) is 0 Å². The minimum atomic E-state index is 0.0842. The van der Waals surface area contributed by atoms with Crippen molar-refractivity contribution in [2.75, 3.05) is 12.0 Å². The highest BCUT2D eigenvalue weighted by Gasteiger charge is 2.03. The first kappa shape index (κ1) is 12.4. The fourth-order valence-corrected chi connectivity index (χ4v) is 2.62. The van der Waals surface area contributed by atoms with Crippen LogP contribution in [0.4, 0.5) is 0 Å². The van der Waals surface area contributed by atoms with Gasteiger partial charge in [-0.15, -0.1) is 23.5 Å². The molecule has 0 saturated heterocycles. The van der Waals surface area contributed by atoms with Crippen molar-refractivity contribution in [3.05, 3.63) is 46.2 Å². The Labute approximate surface area is 99.3 Å². The molecule has 1 nitrogen and oxygen atoms in total. The summed E-state index contributed by atoms with van der Waals surface area (Å²) in [5.74, 6) is 1.08. The van der Waals surface area contributed by atoms with Crippen LogP contribution in [0.1, 0.15) is 17.3 Å². The molecule has 0 aliphatic rings. The van der Waals surface area contributed by atoms with Gasteiger partial charge in [-0.05, 0) is 12.0 Å². The topological polar surface area (TPSA) is 17.1 Å². The number of benzene rings is 1. The van der Waals surface area contributed by atoms with E-state index in [2.05, 4.69) is 6.92 Å². The largest absolute Gasteiger partial charge is 0.289 e. The Hall–Kier alpha value is -0.670. The third-order valence-corrected chi connectivity index (χ3v) is 3.86. The minimum absolute atomic E-state index is 0.0842. The number of rotatable bonds is 5. The van der Waals surface area contributed by atoms with Crippen molar-refractivity contribution in [2.24, 2.45) is 0 Å². The van der Waals surface area contributed by atoms with Crippen molar-refractivity contribution >= 4 is 29.3 Å². The lowest BCUT2D eigenvalue weighted by Crippen LogP contribution is -1.94. The molecule has 80 valence electrons. The fraction of sp³-hybridized carbons (Fsp3) is 0.250. The molecule has 3 heteroatoms. The maximum absolute atomic E-state index is 11.8. The first-order valence-corrected chi connectivity index (χ1v) is 6.96. The maximum Gasteiger partial charge on any atom is 0.187 e. The van der Waals surface area contributed by atoms with Crippen molar-refractivity contribution in [1.82, 2.24) is 0 Å². The van der Waals surface area contributed by atoms with Crippen LogP contribution in [0.5, 0.6) is 0 Å². The predicted molar refractivity (Wildman–Crippen MR) is 70.5 cm³/mol. The van der Waals surface area contributed by atoms with Gasteiger partial charge in [0.25, 0.3) is 0 Å². The van der Waals surface area contributed by atoms with E-state index in [4.69, 9.17) is 0 Å². The van der Waals surface area contributed by atoms with Gasteiger partial charge in [0, 0.05) is 15.9 Å². The van der Waals surface area contributed by atoms with Gasteiger partial charge in [-0.1, -0.05) is 37.3 Å². The molecule has 0 radical (unpaired) electrons. The third-order valence-electron chi connectivity index (χ3n) is 1.80. The van der Waals surface area contributed by atoms with Crippen molar-refractivity contribution < 1.29 is 4.79 Å². The molecule has 0 bridgehead atoms. The van der Waals surface area contributed by atoms with Gasteiger partial charge >= 0.3 is 0 Å². The first-order chi connectivity index (χ1) is 7.27. The van der Waals surface area contributed by atoms with E-state index < -0.39 is 0 Å². The molecule has 0 atom stereocenters. The van der Waals surface area contributed by atoms with E-state index in [0.717, 1.165) is 15.6 Å². The molecular weight excluding hydrogens is 224 g/mol. The summed E-state index contributed by atoms with van der Waals surface area (Å²) in [6.07, 6.45) is 3.71. The zero-order valence-corrected chi connectivity index (χ0v) is 10.5. The molecule has 1 rings (SSSR count). The van der Waals surface area contributed by atoms with E-state index in [1.807, 2.05) is 36.6 Å². The second-order valence-corrected chi connectivity index (χ2v) is 5.24. The van der Waals surface area contributed by atoms with Crippen molar-refractivity contribution in [2.45, 2.75) is 6.92 Å². The van der Waals surface area contributed by atoms with Crippen molar-refractivity contribution in [3.63, 3.8) is 0 Å². The second kappa shape index (κ2) is 6.75. The van der Waals surface area contributed by atoms with E-state index in [1.165, 1.54) is 0 Å². The lowest BCUT2D eigenvalue weighted by molar-refractivity contribution is 0.104. The summed E-state index contributed by atoms with van der Waals surface area (Å²) in [5.41, 5.74) is 0.751. The number of hydrogen-bond acceptors (Lipinski definition) is 3. The smallest absolute Gasteiger partial charge is 0.187 e. The number of allylic oxidation sites excluding steroid dienone is 1. The van der Waals surface area contributed by atoms with Gasteiger partial charge in [0.1, 0.15) is 0 Å². The molecule has 0 heterocycles. The van der Waals surface area contributed by atoms with Crippen molar-refractivity contribution in [3.8, 4) is 0 Å². The van der Waals surface area contributed by atoms with Crippen LogP contribution in [0.25, 0.3) is 0 Å². The van der Waals surface area contributed by atoms with Gasteiger partial charge in [0.2, 0.25) is 0 Å². The SMILES string of the molecule is CCS/C(=C/C(=O)c1ccccc1)SC. The highest BCUT2D eigenvalue weighted by Crippen LogP contribution is 2.26. The molecule has 1 aromatic carbocycles. The summed E-state index contributed by atoms with van der Waals surface area (Å²) in [6.45, 7) is 2.09. The lowest BCUT2D eigenvalue weighted by atomic mass is 10.1. The van der Waals surface area contributed by atoms with Crippen LogP contribution < -0.4 is 0 Å². The Morgan fingerprint density at radius 3 is 2.53 bits per heavy atom. The van der Waals surface area contributed by atoms with Crippen LogP contribution in [0, 0.1) is 0 Å². The Morgan fingerprint density at radius 1 is 1.33 bits per heavy atom. The summed E-state index contributed by atoms with van der Waals surface area (Å²) in [5, 5.41) is 0. The highest BCUT2D eigenvalue weighted by molar-refractivity contribution is 8.22. The zero-order valence-electron chi connectivity index (χ0n) is 8.90. The minimum Gasteiger partial charge on any atom is -0.289 e. The molecule has 0 N–H and O–H groups in total. The Bertz CT molecular complexity index is 344. The maximum atomic E-state index is 11.8. The van der Waals surface area contributed by atoms with E-state index in [-0.39, 0.29) is 5.78 Å². The van der Waals surface area contributed by atoms with Gasteiger partial charge in [0.05, 0.1) is 0 Å². The van der Waals surface area contributed by atoms with Gasteiger partial charge < -0.3 is 0 Å².